The van der Waals surface area contributed by atoms with Crippen molar-refractivity contribution in [1.29, 1.82) is 0 Å². The number of carbonyl (C=O) groups excluding carboxylic acids is 1. The second kappa shape index (κ2) is 4.68. The number of ether oxygens (including phenoxy) is 3. The predicted molar refractivity (Wildman–Crippen MR) is 67.8 cm³/mol. The van der Waals surface area contributed by atoms with E-state index in [1.165, 1.54) is 0 Å². The largest absolute Gasteiger partial charge is 0.485 e. The maximum atomic E-state index is 11.9. The van der Waals surface area contributed by atoms with Crippen LogP contribution < -0.4 is 14.2 Å². The zero-order valence-electron chi connectivity index (χ0n) is 10.5. The van der Waals surface area contributed by atoms with E-state index in [-0.39, 0.29) is 19.2 Å². The first kappa shape index (κ1) is 11.6. The van der Waals surface area contributed by atoms with E-state index in [4.69, 9.17) is 14.2 Å². The summed E-state index contributed by atoms with van der Waals surface area (Å²) in [4.78, 5) is 11.9. The van der Waals surface area contributed by atoms with Gasteiger partial charge in [0.15, 0.2) is 18.1 Å². The summed E-state index contributed by atoms with van der Waals surface area (Å²) in [6.45, 7) is 0.228. The number of nitrogens with zero attached hydrogens (tertiary/aromatic N) is 1. The fourth-order valence-corrected chi connectivity index (χ4v) is 1.87. The van der Waals surface area contributed by atoms with Crippen molar-refractivity contribution in [3.63, 3.8) is 0 Å². The van der Waals surface area contributed by atoms with Gasteiger partial charge >= 0.3 is 0 Å². The van der Waals surface area contributed by atoms with Crippen LogP contribution in [0.25, 0.3) is 0 Å². The molecular weight excluding hydrogens is 246 g/mol. The van der Waals surface area contributed by atoms with Gasteiger partial charge in [-0.3, -0.25) is 4.79 Å². The summed E-state index contributed by atoms with van der Waals surface area (Å²) in [6.07, 6.45) is 3.60. The van der Waals surface area contributed by atoms with Crippen LogP contribution in [0.3, 0.4) is 0 Å². The first-order chi connectivity index (χ1) is 9.22. The minimum Gasteiger partial charge on any atom is -0.485 e. The molecule has 0 aliphatic carbocycles. The number of Topliss-reactive ketones (excluding diaryl/α,β-unsaturated/α-hetero) is 1. The highest BCUT2D eigenvalue weighted by Crippen LogP contribution is 2.35. The van der Waals surface area contributed by atoms with Crippen molar-refractivity contribution in [2.24, 2.45) is 7.05 Å². The maximum Gasteiger partial charge on any atom is 0.231 e. The van der Waals surface area contributed by atoms with E-state index in [1.807, 2.05) is 17.8 Å². The van der Waals surface area contributed by atoms with Gasteiger partial charge in [-0.1, -0.05) is 0 Å². The molecule has 19 heavy (non-hydrogen) atoms. The topological polar surface area (TPSA) is 49.7 Å². The molecule has 1 aromatic carbocycles. The Bertz CT molecular complexity index is 618. The molecular formula is C14H13NO4. The van der Waals surface area contributed by atoms with E-state index in [9.17, 15) is 4.79 Å². The standard InChI is InChI=1S/C14H13NO4/c1-15-5-4-10(7-15)12(16)8-17-11-2-3-13-14(6-11)19-9-18-13/h2-7H,8-9H2,1H3. The van der Waals surface area contributed by atoms with Crippen LogP contribution in [0.1, 0.15) is 10.4 Å². The summed E-state index contributed by atoms with van der Waals surface area (Å²) < 4.78 is 17.7. The Kier molecular flexibility index (Phi) is 2.87. The van der Waals surface area contributed by atoms with Crippen LogP contribution in [-0.4, -0.2) is 23.8 Å². The summed E-state index contributed by atoms with van der Waals surface area (Å²) >= 11 is 0. The number of benzene rings is 1. The van der Waals surface area contributed by atoms with Gasteiger partial charge in [0.1, 0.15) is 5.75 Å². The third-order valence-electron chi connectivity index (χ3n) is 2.87. The van der Waals surface area contributed by atoms with Gasteiger partial charge in [-0.15, -0.1) is 0 Å². The maximum absolute atomic E-state index is 11.9. The second-order valence-electron chi connectivity index (χ2n) is 4.29. The summed E-state index contributed by atoms with van der Waals surface area (Å²) in [5.74, 6) is 1.87. The smallest absolute Gasteiger partial charge is 0.231 e. The number of carbonyl (C=O) groups is 1. The monoisotopic (exact) mass is 259 g/mol. The molecule has 0 radical (unpaired) electrons. The predicted octanol–water partition coefficient (Wildman–Crippen LogP) is 2.02. The molecule has 98 valence electrons. The first-order valence-corrected chi connectivity index (χ1v) is 5.90. The quantitative estimate of drug-likeness (QED) is 0.788. The number of rotatable bonds is 4. The van der Waals surface area contributed by atoms with Crippen molar-refractivity contribution >= 4 is 5.78 Å². The van der Waals surface area contributed by atoms with E-state index < -0.39 is 0 Å². The lowest BCUT2D eigenvalue weighted by Crippen LogP contribution is -2.10. The van der Waals surface area contributed by atoms with E-state index in [0.29, 0.717) is 22.8 Å². The van der Waals surface area contributed by atoms with Gasteiger partial charge in [-0.2, -0.15) is 0 Å². The Balaban J connectivity index is 1.64. The average Bonchev–Trinajstić information content (AvgIpc) is 3.03. The Morgan fingerprint density at radius 2 is 2.16 bits per heavy atom. The highest BCUT2D eigenvalue weighted by molar-refractivity contribution is 5.97. The fourth-order valence-electron chi connectivity index (χ4n) is 1.87. The van der Waals surface area contributed by atoms with E-state index in [1.54, 1.807) is 30.5 Å². The van der Waals surface area contributed by atoms with Gasteiger partial charge in [0.2, 0.25) is 12.6 Å². The molecule has 5 nitrogen and oxygen atoms in total. The van der Waals surface area contributed by atoms with Crippen molar-refractivity contribution in [3.8, 4) is 17.2 Å². The molecule has 1 aromatic heterocycles. The van der Waals surface area contributed by atoms with Gasteiger partial charge in [0, 0.05) is 31.1 Å². The number of hydrogen-bond donors (Lipinski definition) is 0. The van der Waals surface area contributed by atoms with Crippen LogP contribution in [-0.2, 0) is 7.05 Å². The van der Waals surface area contributed by atoms with Gasteiger partial charge < -0.3 is 18.8 Å². The summed E-state index contributed by atoms with van der Waals surface area (Å²) in [7, 11) is 1.87. The highest BCUT2D eigenvalue weighted by Gasteiger charge is 2.14. The molecule has 1 aliphatic heterocycles. The molecule has 0 atom stereocenters. The van der Waals surface area contributed by atoms with Crippen LogP contribution in [0, 0.1) is 0 Å². The van der Waals surface area contributed by atoms with Gasteiger partial charge in [-0.05, 0) is 18.2 Å². The van der Waals surface area contributed by atoms with Crippen LogP contribution in [0.5, 0.6) is 17.2 Å². The van der Waals surface area contributed by atoms with Gasteiger partial charge in [-0.25, -0.2) is 0 Å². The second-order valence-corrected chi connectivity index (χ2v) is 4.29. The van der Waals surface area contributed by atoms with Crippen LogP contribution in [0.15, 0.2) is 36.7 Å². The zero-order chi connectivity index (χ0) is 13.2. The summed E-state index contributed by atoms with van der Waals surface area (Å²) in [5.41, 5.74) is 0.642. The minimum atomic E-state index is -0.0572. The third-order valence-corrected chi connectivity index (χ3v) is 2.87. The molecule has 0 amide bonds. The minimum absolute atomic E-state index is 0.00363. The van der Waals surface area contributed by atoms with Crippen LogP contribution >= 0.6 is 0 Å². The third kappa shape index (κ3) is 2.40. The normalized spacial score (nSPS) is 12.5. The SMILES string of the molecule is Cn1ccc(C(=O)COc2ccc3c(c2)OCO3)c1. The fraction of sp³-hybridized carbons (Fsp3) is 0.214. The van der Waals surface area contributed by atoms with E-state index >= 15 is 0 Å². The van der Waals surface area contributed by atoms with Gasteiger partial charge in [0.25, 0.3) is 0 Å². The lowest BCUT2D eigenvalue weighted by Gasteiger charge is -2.05. The Hall–Kier alpha value is -2.43. The molecule has 3 rings (SSSR count). The molecule has 0 spiro atoms. The van der Waals surface area contributed by atoms with Crippen molar-refractivity contribution in [2.75, 3.05) is 13.4 Å². The summed E-state index contributed by atoms with van der Waals surface area (Å²) in [5, 5.41) is 0. The molecule has 5 heteroatoms. The first-order valence-electron chi connectivity index (χ1n) is 5.90. The molecule has 0 saturated heterocycles. The lowest BCUT2D eigenvalue weighted by molar-refractivity contribution is 0.0921. The molecule has 1 aliphatic rings. The van der Waals surface area contributed by atoms with E-state index in [2.05, 4.69) is 0 Å². The molecule has 0 bridgehead atoms. The average molecular weight is 259 g/mol. The van der Waals surface area contributed by atoms with E-state index in [0.717, 1.165) is 0 Å². The van der Waals surface area contributed by atoms with Gasteiger partial charge in [0.05, 0.1) is 0 Å². The van der Waals surface area contributed by atoms with Crippen LogP contribution in [0.4, 0.5) is 0 Å². The zero-order valence-corrected chi connectivity index (χ0v) is 10.5. The van der Waals surface area contributed by atoms with Crippen molar-refractivity contribution in [1.82, 2.24) is 4.57 Å². The van der Waals surface area contributed by atoms with Crippen molar-refractivity contribution in [3.05, 3.63) is 42.2 Å². The number of aromatic nitrogens is 1. The number of aryl methyl sites for hydroxylation is 1. The number of ketones is 1. The number of fused-ring (bicyclic) bond motifs is 1. The molecule has 0 saturated carbocycles. The Labute approximate surface area is 110 Å². The van der Waals surface area contributed by atoms with Crippen LogP contribution in [0.2, 0.25) is 0 Å². The summed E-state index contributed by atoms with van der Waals surface area (Å²) in [6, 6.07) is 7.02. The molecule has 0 N–H and O–H groups in total. The van der Waals surface area contributed by atoms with Crippen molar-refractivity contribution < 1.29 is 19.0 Å². The number of hydrogen-bond acceptors (Lipinski definition) is 4. The Morgan fingerprint density at radius 1 is 1.32 bits per heavy atom. The lowest BCUT2D eigenvalue weighted by atomic mass is 10.2. The molecule has 2 heterocycles. The van der Waals surface area contributed by atoms with Crippen molar-refractivity contribution in [2.45, 2.75) is 0 Å². The Morgan fingerprint density at radius 3 is 2.95 bits per heavy atom. The molecule has 0 unspecified atom stereocenters. The molecule has 2 aromatic rings. The highest BCUT2D eigenvalue weighted by atomic mass is 16.7. The molecule has 0 fully saturated rings.